The molecule has 0 saturated heterocycles. The summed E-state index contributed by atoms with van der Waals surface area (Å²) in [5.74, 6) is 0. The second-order valence-corrected chi connectivity index (χ2v) is 5.30. The van der Waals surface area contributed by atoms with Crippen LogP contribution in [0.2, 0.25) is 5.02 Å². The maximum absolute atomic E-state index is 8.81. The van der Waals surface area contributed by atoms with Crippen molar-refractivity contribution in [3.8, 4) is 6.07 Å². The van der Waals surface area contributed by atoms with Gasteiger partial charge in [-0.2, -0.15) is 5.26 Å². The first-order valence-corrected chi connectivity index (χ1v) is 7.02. The Kier molecular flexibility index (Phi) is 5.17. The van der Waals surface area contributed by atoms with Gasteiger partial charge < -0.3 is 5.32 Å². The van der Waals surface area contributed by atoms with Crippen molar-refractivity contribution in [1.82, 2.24) is 5.32 Å². The molecule has 0 bridgehead atoms. The first-order chi connectivity index (χ1) is 9.69. The number of nitriles is 1. The van der Waals surface area contributed by atoms with Crippen LogP contribution in [0.5, 0.6) is 0 Å². The lowest BCUT2D eigenvalue weighted by molar-refractivity contribution is 0.545. The summed E-state index contributed by atoms with van der Waals surface area (Å²) in [6.07, 6.45) is 0.981. The van der Waals surface area contributed by atoms with Crippen LogP contribution in [0.4, 0.5) is 0 Å². The molecule has 0 aromatic heterocycles. The molecule has 0 aliphatic carbocycles. The molecule has 0 fully saturated rings. The van der Waals surface area contributed by atoms with E-state index in [1.807, 2.05) is 12.1 Å². The van der Waals surface area contributed by atoms with E-state index in [2.05, 4.69) is 42.6 Å². The Balaban J connectivity index is 1.90. The third-order valence-electron chi connectivity index (χ3n) is 3.21. The molecule has 3 heteroatoms. The summed E-state index contributed by atoms with van der Waals surface area (Å²) in [5, 5.41) is 12.9. The van der Waals surface area contributed by atoms with E-state index in [9.17, 15) is 0 Å². The Bertz CT molecular complexity index is 602. The smallest absolute Gasteiger partial charge is 0.0992 e. The van der Waals surface area contributed by atoms with Crippen molar-refractivity contribution in [2.45, 2.75) is 25.9 Å². The molecule has 1 N–H and O–H groups in total. The third kappa shape index (κ3) is 4.09. The van der Waals surface area contributed by atoms with E-state index < -0.39 is 0 Å². The van der Waals surface area contributed by atoms with Crippen LogP contribution in [0.1, 0.15) is 23.6 Å². The van der Waals surface area contributed by atoms with Gasteiger partial charge in [-0.25, -0.2) is 0 Å². The summed E-state index contributed by atoms with van der Waals surface area (Å²) in [4.78, 5) is 0. The largest absolute Gasteiger partial charge is 0.310 e. The average molecular weight is 285 g/mol. The van der Waals surface area contributed by atoms with Crippen LogP contribution in [0.3, 0.4) is 0 Å². The van der Waals surface area contributed by atoms with E-state index in [4.69, 9.17) is 16.9 Å². The highest BCUT2D eigenvalue weighted by atomic mass is 35.5. The molecule has 20 heavy (non-hydrogen) atoms. The zero-order chi connectivity index (χ0) is 14.4. The Labute approximate surface area is 125 Å². The van der Waals surface area contributed by atoms with Gasteiger partial charge in [0.2, 0.25) is 0 Å². The molecule has 0 radical (unpaired) electrons. The summed E-state index contributed by atoms with van der Waals surface area (Å²) in [6, 6.07) is 18.3. The number of nitrogens with one attached hydrogen (secondary N) is 1. The van der Waals surface area contributed by atoms with Crippen molar-refractivity contribution in [2.24, 2.45) is 0 Å². The predicted molar refractivity (Wildman–Crippen MR) is 82.6 cm³/mol. The van der Waals surface area contributed by atoms with E-state index in [0.717, 1.165) is 12.0 Å². The Hall–Kier alpha value is -1.82. The maximum atomic E-state index is 8.81. The molecule has 2 aromatic rings. The van der Waals surface area contributed by atoms with Gasteiger partial charge in [-0.3, -0.25) is 0 Å². The van der Waals surface area contributed by atoms with E-state index in [0.29, 0.717) is 23.2 Å². The second-order valence-electron chi connectivity index (χ2n) is 4.89. The van der Waals surface area contributed by atoms with Gasteiger partial charge in [-0.15, -0.1) is 0 Å². The zero-order valence-electron chi connectivity index (χ0n) is 11.4. The molecule has 102 valence electrons. The van der Waals surface area contributed by atoms with Crippen molar-refractivity contribution in [3.05, 3.63) is 70.2 Å². The fourth-order valence-corrected chi connectivity index (χ4v) is 2.33. The van der Waals surface area contributed by atoms with Gasteiger partial charge in [-0.1, -0.05) is 48.0 Å². The highest BCUT2D eigenvalue weighted by Crippen LogP contribution is 2.17. The predicted octanol–water partition coefficient (Wildman–Crippen LogP) is 3.93. The quantitative estimate of drug-likeness (QED) is 0.903. The first-order valence-electron chi connectivity index (χ1n) is 6.65. The second kappa shape index (κ2) is 7.09. The number of nitrogens with zero attached hydrogens (tertiary/aromatic N) is 1. The van der Waals surface area contributed by atoms with Crippen LogP contribution >= 0.6 is 11.6 Å². The van der Waals surface area contributed by atoms with Gasteiger partial charge in [0.1, 0.15) is 0 Å². The highest BCUT2D eigenvalue weighted by molar-refractivity contribution is 6.31. The van der Waals surface area contributed by atoms with Crippen molar-refractivity contribution in [2.75, 3.05) is 0 Å². The van der Waals surface area contributed by atoms with Crippen LogP contribution in [-0.4, -0.2) is 6.04 Å². The molecule has 2 rings (SSSR count). The van der Waals surface area contributed by atoms with Gasteiger partial charge in [0, 0.05) is 17.6 Å². The van der Waals surface area contributed by atoms with Crippen molar-refractivity contribution >= 4 is 11.6 Å². The average Bonchev–Trinajstić information content (AvgIpc) is 2.47. The fraction of sp³-hybridized carbons (Fsp3) is 0.235. The highest BCUT2D eigenvalue weighted by Gasteiger charge is 2.06. The topological polar surface area (TPSA) is 35.8 Å². The lowest BCUT2D eigenvalue weighted by Crippen LogP contribution is -2.27. The van der Waals surface area contributed by atoms with Crippen molar-refractivity contribution in [3.63, 3.8) is 0 Å². The fourth-order valence-electron chi connectivity index (χ4n) is 2.08. The lowest BCUT2D eigenvalue weighted by Gasteiger charge is -2.14. The number of hydrogen-bond donors (Lipinski definition) is 1. The minimum atomic E-state index is 0.365. The Morgan fingerprint density at radius 1 is 1.20 bits per heavy atom. The minimum Gasteiger partial charge on any atom is -0.310 e. The molecule has 0 saturated carbocycles. The molecule has 2 aromatic carbocycles. The van der Waals surface area contributed by atoms with Gasteiger partial charge in [0.25, 0.3) is 0 Å². The molecule has 1 atom stereocenters. The molecule has 2 nitrogen and oxygen atoms in total. The monoisotopic (exact) mass is 284 g/mol. The number of benzene rings is 2. The summed E-state index contributed by atoms with van der Waals surface area (Å²) < 4.78 is 0. The van der Waals surface area contributed by atoms with E-state index >= 15 is 0 Å². The summed E-state index contributed by atoms with van der Waals surface area (Å²) in [5.41, 5.74) is 2.93. The molecular weight excluding hydrogens is 268 g/mol. The molecule has 0 spiro atoms. The number of halogens is 1. The summed E-state index contributed by atoms with van der Waals surface area (Å²) in [7, 11) is 0. The first kappa shape index (κ1) is 14.6. The standard InChI is InChI=1S/C17H17ClN2/c1-13(9-14-5-3-2-4-6-14)20-12-16-8-7-15(11-19)10-17(16)18/h2-8,10,13,20H,9,12H2,1H3. The lowest BCUT2D eigenvalue weighted by atomic mass is 10.1. The number of hydrogen-bond acceptors (Lipinski definition) is 2. The van der Waals surface area contributed by atoms with Crippen LogP contribution in [0.15, 0.2) is 48.5 Å². The Morgan fingerprint density at radius 2 is 1.95 bits per heavy atom. The van der Waals surface area contributed by atoms with E-state index in [1.54, 1.807) is 12.1 Å². The molecule has 1 unspecified atom stereocenters. The minimum absolute atomic E-state index is 0.365. The third-order valence-corrected chi connectivity index (χ3v) is 3.56. The normalized spacial score (nSPS) is 11.8. The molecule has 0 amide bonds. The van der Waals surface area contributed by atoms with Crippen LogP contribution < -0.4 is 5.32 Å². The molecule has 0 aliphatic rings. The van der Waals surface area contributed by atoms with E-state index in [1.165, 1.54) is 5.56 Å². The maximum Gasteiger partial charge on any atom is 0.0992 e. The summed E-state index contributed by atoms with van der Waals surface area (Å²) >= 11 is 6.16. The van der Waals surface area contributed by atoms with Crippen LogP contribution in [0, 0.1) is 11.3 Å². The van der Waals surface area contributed by atoms with Gasteiger partial charge in [-0.05, 0) is 36.6 Å². The van der Waals surface area contributed by atoms with Crippen LogP contribution in [-0.2, 0) is 13.0 Å². The van der Waals surface area contributed by atoms with Crippen molar-refractivity contribution < 1.29 is 0 Å². The molecular formula is C17H17ClN2. The molecule has 0 heterocycles. The van der Waals surface area contributed by atoms with Crippen molar-refractivity contribution in [1.29, 1.82) is 5.26 Å². The zero-order valence-corrected chi connectivity index (χ0v) is 12.2. The van der Waals surface area contributed by atoms with Crippen LogP contribution in [0.25, 0.3) is 0 Å². The van der Waals surface area contributed by atoms with Gasteiger partial charge >= 0.3 is 0 Å². The molecule has 0 aliphatic heterocycles. The summed E-state index contributed by atoms with van der Waals surface area (Å²) in [6.45, 7) is 2.86. The Morgan fingerprint density at radius 3 is 2.60 bits per heavy atom. The number of rotatable bonds is 5. The van der Waals surface area contributed by atoms with Gasteiger partial charge in [0.05, 0.1) is 11.6 Å². The SMILES string of the molecule is CC(Cc1ccccc1)NCc1ccc(C#N)cc1Cl. The van der Waals surface area contributed by atoms with Gasteiger partial charge in [0.15, 0.2) is 0 Å². The van der Waals surface area contributed by atoms with E-state index in [-0.39, 0.29) is 0 Å².